The summed E-state index contributed by atoms with van der Waals surface area (Å²) in [5.74, 6) is 1.32. The van der Waals surface area contributed by atoms with Gasteiger partial charge in [-0.2, -0.15) is 0 Å². The van der Waals surface area contributed by atoms with E-state index in [0.717, 1.165) is 44.9 Å². The highest BCUT2D eigenvalue weighted by molar-refractivity contribution is 5.80. The van der Waals surface area contributed by atoms with E-state index in [1.165, 1.54) is 11.1 Å². The van der Waals surface area contributed by atoms with Crippen molar-refractivity contribution in [3.63, 3.8) is 0 Å². The number of benzene rings is 1. The van der Waals surface area contributed by atoms with Crippen LogP contribution in [0, 0.1) is 5.92 Å². The Morgan fingerprint density at radius 3 is 3.00 bits per heavy atom. The zero-order chi connectivity index (χ0) is 13.5. The van der Waals surface area contributed by atoms with E-state index in [9.17, 15) is 9.90 Å². The Labute approximate surface area is 114 Å². The summed E-state index contributed by atoms with van der Waals surface area (Å²) in [6.45, 7) is 2.25. The van der Waals surface area contributed by atoms with E-state index in [0.29, 0.717) is 17.5 Å². The van der Waals surface area contributed by atoms with Crippen LogP contribution in [0.4, 0.5) is 0 Å². The Bertz CT molecular complexity index is 506. The highest BCUT2D eigenvalue weighted by Crippen LogP contribution is 2.50. The molecule has 0 bridgehead atoms. The summed E-state index contributed by atoms with van der Waals surface area (Å²) in [7, 11) is 0. The lowest BCUT2D eigenvalue weighted by Gasteiger charge is -2.43. The van der Waals surface area contributed by atoms with Gasteiger partial charge in [0.25, 0.3) is 0 Å². The fraction of sp³-hybridized carbons (Fsp3) is 0.588. The first-order valence-electron chi connectivity index (χ1n) is 7.50. The Balaban J connectivity index is 2.12. The normalized spacial score (nSPS) is 30.4. The van der Waals surface area contributed by atoms with E-state index in [1.807, 2.05) is 12.1 Å². The second-order valence-corrected chi connectivity index (χ2v) is 6.18. The summed E-state index contributed by atoms with van der Waals surface area (Å²) >= 11 is 0. The predicted octanol–water partition coefficient (Wildman–Crippen LogP) is 3.75. The van der Waals surface area contributed by atoms with E-state index < -0.39 is 0 Å². The van der Waals surface area contributed by atoms with Crippen molar-refractivity contribution < 1.29 is 9.90 Å². The minimum absolute atomic E-state index is 0.174. The molecule has 0 aliphatic heterocycles. The van der Waals surface area contributed by atoms with Gasteiger partial charge in [0.15, 0.2) is 0 Å². The van der Waals surface area contributed by atoms with Gasteiger partial charge in [-0.25, -0.2) is 0 Å². The van der Waals surface area contributed by atoms with Gasteiger partial charge in [-0.15, -0.1) is 0 Å². The number of carbonyl (C=O) groups excluding carboxylic acids is 1. The molecule has 2 unspecified atom stereocenters. The van der Waals surface area contributed by atoms with Gasteiger partial charge in [-0.05, 0) is 66.7 Å². The fourth-order valence-corrected chi connectivity index (χ4v) is 4.34. The standard InChI is InChI=1S/C17H22O2/c1-2-17-9-8-15(19)11-13(17)5-3-4-12-10-14(18)6-7-16(12)17/h6-7,10,13,18H,2-5,8-9,11H2,1H3. The van der Waals surface area contributed by atoms with Crippen LogP contribution in [-0.4, -0.2) is 10.9 Å². The van der Waals surface area contributed by atoms with E-state index >= 15 is 0 Å². The Morgan fingerprint density at radius 2 is 2.21 bits per heavy atom. The highest BCUT2D eigenvalue weighted by atomic mass is 16.3. The summed E-state index contributed by atoms with van der Waals surface area (Å²) in [5.41, 5.74) is 2.88. The second kappa shape index (κ2) is 4.66. The molecule has 0 amide bonds. The van der Waals surface area contributed by atoms with Crippen LogP contribution in [0.2, 0.25) is 0 Å². The maximum absolute atomic E-state index is 11.8. The van der Waals surface area contributed by atoms with Crippen LogP contribution in [0.25, 0.3) is 0 Å². The molecule has 1 aromatic rings. The SMILES string of the molecule is CCC12CCC(=O)CC1CCCc1cc(O)ccc12. The van der Waals surface area contributed by atoms with E-state index in [4.69, 9.17) is 0 Å². The van der Waals surface area contributed by atoms with Crippen LogP contribution < -0.4 is 0 Å². The molecule has 2 heteroatoms. The molecule has 1 fully saturated rings. The number of hydrogen-bond donors (Lipinski definition) is 1. The van der Waals surface area contributed by atoms with E-state index in [2.05, 4.69) is 13.0 Å². The molecule has 0 heterocycles. The lowest BCUT2D eigenvalue weighted by Crippen LogP contribution is -2.40. The van der Waals surface area contributed by atoms with Crippen LogP contribution in [0.1, 0.15) is 56.6 Å². The minimum Gasteiger partial charge on any atom is -0.508 e. The third kappa shape index (κ3) is 1.98. The van der Waals surface area contributed by atoms with Gasteiger partial charge in [-0.3, -0.25) is 4.79 Å². The molecule has 2 aliphatic carbocycles. The van der Waals surface area contributed by atoms with Crippen molar-refractivity contribution in [2.45, 2.75) is 57.3 Å². The van der Waals surface area contributed by atoms with Crippen LogP contribution in [0.3, 0.4) is 0 Å². The number of fused-ring (bicyclic) bond motifs is 3. The van der Waals surface area contributed by atoms with Gasteiger partial charge < -0.3 is 5.11 Å². The van der Waals surface area contributed by atoms with Crippen LogP contribution in [0.5, 0.6) is 5.75 Å². The summed E-state index contributed by atoms with van der Waals surface area (Å²) in [6.07, 6.45) is 6.90. The Kier molecular flexibility index (Phi) is 3.12. The van der Waals surface area contributed by atoms with Crippen molar-refractivity contribution in [2.75, 3.05) is 0 Å². The van der Waals surface area contributed by atoms with Crippen molar-refractivity contribution >= 4 is 5.78 Å². The lowest BCUT2D eigenvalue weighted by atomic mass is 9.60. The van der Waals surface area contributed by atoms with Crippen molar-refractivity contribution in [3.8, 4) is 5.75 Å². The first-order chi connectivity index (χ1) is 9.15. The smallest absolute Gasteiger partial charge is 0.133 e. The third-order valence-corrected chi connectivity index (χ3v) is 5.36. The molecule has 2 atom stereocenters. The lowest BCUT2D eigenvalue weighted by molar-refractivity contribution is -0.123. The molecule has 2 aliphatic rings. The number of aromatic hydroxyl groups is 1. The summed E-state index contributed by atoms with van der Waals surface area (Å²) in [5, 5.41) is 9.72. The van der Waals surface area contributed by atoms with Crippen LogP contribution in [0.15, 0.2) is 18.2 Å². The molecule has 0 saturated heterocycles. The van der Waals surface area contributed by atoms with Gasteiger partial charge >= 0.3 is 0 Å². The quantitative estimate of drug-likeness (QED) is 0.833. The maximum Gasteiger partial charge on any atom is 0.133 e. The number of phenolic OH excluding ortho intramolecular Hbond substituents is 1. The van der Waals surface area contributed by atoms with Crippen molar-refractivity contribution in [1.29, 1.82) is 0 Å². The number of Topliss-reactive ketones (excluding diaryl/α,β-unsaturated/α-hetero) is 1. The molecule has 0 aromatic heterocycles. The third-order valence-electron chi connectivity index (χ3n) is 5.36. The molecular formula is C17H22O2. The van der Waals surface area contributed by atoms with Crippen molar-refractivity contribution in [2.24, 2.45) is 5.92 Å². The van der Waals surface area contributed by atoms with E-state index in [1.54, 1.807) is 0 Å². The molecule has 1 aromatic carbocycles. The number of hydrogen-bond acceptors (Lipinski definition) is 2. The molecule has 1 saturated carbocycles. The Morgan fingerprint density at radius 1 is 1.37 bits per heavy atom. The second-order valence-electron chi connectivity index (χ2n) is 6.18. The Hall–Kier alpha value is -1.31. The number of carbonyl (C=O) groups is 1. The molecule has 0 spiro atoms. The minimum atomic E-state index is 0.174. The summed E-state index contributed by atoms with van der Waals surface area (Å²) in [6, 6.07) is 5.86. The zero-order valence-electron chi connectivity index (χ0n) is 11.6. The van der Waals surface area contributed by atoms with Crippen molar-refractivity contribution in [3.05, 3.63) is 29.3 Å². The highest BCUT2D eigenvalue weighted by Gasteiger charge is 2.44. The number of rotatable bonds is 1. The molecule has 2 nitrogen and oxygen atoms in total. The van der Waals surface area contributed by atoms with Gasteiger partial charge in [-0.1, -0.05) is 13.0 Å². The van der Waals surface area contributed by atoms with Crippen molar-refractivity contribution in [1.82, 2.24) is 0 Å². The van der Waals surface area contributed by atoms with Crippen LogP contribution >= 0.6 is 0 Å². The molecule has 1 N–H and O–H groups in total. The molecule has 102 valence electrons. The van der Waals surface area contributed by atoms with Gasteiger partial charge in [0.2, 0.25) is 0 Å². The van der Waals surface area contributed by atoms with Gasteiger partial charge in [0.05, 0.1) is 0 Å². The van der Waals surface area contributed by atoms with E-state index in [-0.39, 0.29) is 5.41 Å². The topological polar surface area (TPSA) is 37.3 Å². The predicted molar refractivity (Wildman–Crippen MR) is 75.4 cm³/mol. The molecule has 19 heavy (non-hydrogen) atoms. The van der Waals surface area contributed by atoms with Gasteiger partial charge in [0, 0.05) is 12.8 Å². The summed E-state index contributed by atoms with van der Waals surface area (Å²) in [4.78, 5) is 11.8. The number of aryl methyl sites for hydroxylation is 1. The molecule has 0 radical (unpaired) electrons. The molecule has 3 rings (SSSR count). The number of phenols is 1. The first-order valence-corrected chi connectivity index (χ1v) is 7.50. The molecular weight excluding hydrogens is 236 g/mol. The fourth-order valence-electron chi connectivity index (χ4n) is 4.34. The maximum atomic E-state index is 11.8. The van der Waals surface area contributed by atoms with Crippen LogP contribution in [-0.2, 0) is 16.6 Å². The zero-order valence-corrected chi connectivity index (χ0v) is 11.6. The average Bonchev–Trinajstić information content (AvgIpc) is 2.55. The average molecular weight is 258 g/mol. The first kappa shape index (κ1) is 12.7. The summed E-state index contributed by atoms with van der Waals surface area (Å²) < 4.78 is 0. The number of ketones is 1. The largest absolute Gasteiger partial charge is 0.508 e. The van der Waals surface area contributed by atoms with Gasteiger partial charge in [0.1, 0.15) is 11.5 Å². The monoisotopic (exact) mass is 258 g/mol.